The molecular weight excluding hydrogens is 446 g/mol. The second kappa shape index (κ2) is 12.0. The summed E-state index contributed by atoms with van der Waals surface area (Å²) in [4.78, 5) is 42.7. The van der Waals surface area contributed by atoms with Crippen molar-refractivity contribution in [1.29, 1.82) is 0 Å². The fraction of sp³-hybridized carbons (Fsp3) is 0.538. The van der Waals surface area contributed by atoms with Gasteiger partial charge in [-0.25, -0.2) is 4.68 Å². The standard InChI is InChI=1S/C26H37N5O4/c1-6-29(7-2)24(32)18-28-14-16-30(17-15-28)26(34)21-8-10-22(11-9-21)31-20(4)23(19(3)27-31)12-13-25(33)35-5/h8-11H,6-7,12-18H2,1-5H3. The second-order valence-corrected chi connectivity index (χ2v) is 8.82. The van der Waals surface area contributed by atoms with Crippen LogP contribution in [0.2, 0.25) is 0 Å². The van der Waals surface area contributed by atoms with Crippen molar-refractivity contribution in [3.8, 4) is 5.69 Å². The van der Waals surface area contributed by atoms with Crippen molar-refractivity contribution in [3.05, 3.63) is 46.8 Å². The zero-order chi connectivity index (χ0) is 25.5. The maximum atomic E-state index is 13.0. The molecule has 3 rings (SSSR count). The Labute approximate surface area is 207 Å². The highest BCUT2D eigenvalue weighted by Gasteiger charge is 2.24. The van der Waals surface area contributed by atoms with Crippen molar-refractivity contribution in [3.63, 3.8) is 0 Å². The molecule has 0 atom stereocenters. The third-order valence-corrected chi connectivity index (χ3v) is 6.74. The first-order chi connectivity index (χ1) is 16.8. The molecule has 0 unspecified atom stereocenters. The summed E-state index contributed by atoms with van der Waals surface area (Å²) in [6.07, 6.45) is 0.890. The van der Waals surface area contributed by atoms with Gasteiger partial charge < -0.3 is 14.5 Å². The summed E-state index contributed by atoms with van der Waals surface area (Å²) in [7, 11) is 1.39. The van der Waals surface area contributed by atoms with E-state index in [0.29, 0.717) is 51.1 Å². The van der Waals surface area contributed by atoms with Gasteiger partial charge in [-0.2, -0.15) is 5.10 Å². The Kier molecular flexibility index (Phi) is 9.03. The topological polar surface area (TPSA) is 88.0 Å². The van der Waals surface area contributed by atoms with Gasteiger partial charge in [0, 0.05) is 56.9 Å². The fourth-order valence-corrected chi connectivity index (χ4v) is 4.52. The number of carbonyl (C=O) groups excluding carboxylic acids is 3. The predicted octanol–water partition coefficient (Wildman–Crippen LogP) is 2.22. The lowest BCUT2D eigenvalue weighted by Gasteiger charge is -2.35. The molecule has 190 valence electrons. The maximum absolute atomic E-state index is 13.0. The Bertz CT molecular complexity index is 1030. The van der Waals surface area contributed by atoms with Crippen LogP contribution in [0.3, 0.4) is 0 Å². The van der Waals surface area contributed by atoms with Gasteiger partial charge in [-0.3, -0.25) is 19.3 Å². The van der Waals surface area contributed by atoms with Crippen LogP contribution in [0, 0.1) is 13.8 Å². The van der Waals surface area contributed by atoms with Crippen LogP contribution >= 0.6 is 0 Å². The normalized spacial score (nSPS) is 14.1. The number of hydrogen-bond donors (Lipinski definition) is 0. The molecule has 9 heteroatoms. The lowest BCUT2D eigenvalue weighted by Crippen LogP contribution is -2.51. The molecule has 0 radical (unpaired) electrons. The fourth-order valence-electron chi connectivity index (χ4n) is 4.52. The van der Waals surface area contributed by atoms with Gasteiger partial charge in [-0.15, -0.1) is 0 Å². The lowest BCUT2D eigenvalue weighted by molar-refractivity contribution is -0.140. The number of esters is 1. The van der Waals surface area contributed by atoms with Gasteiger partial charge in [-0.05, 0) is 63.9 Å². The van der Waals surface area contributed by atoms with Crippen molar-refractivity contribution in [2.45, 2.75) is 40.5 Å². The number of methoxy groups -OCH3 is 1. The molecule has 0 aliphatic carbocycles. The molecule has 0 spiro atoms. The number of hydrogen-bond acceptors (Lipinski definition) is 6. The monoisotopic (exact) mass is 483 g/mol. The van der Waals surface area contributed by atoms with Gasteiger partial charge in [0.05, 0.1) is 25.0 Å². The third-order valence-electron chi connectivity index (χ3n) is 6.74. The second-order valence-electron chi connectivity index (χ2n) is 8.82. The van der Waals surface area contributed by atoms with Crippen LogP contribution in [0.25, 0.3) is 5.69 Å². The average Bonchev–Trinajstić information content (AvgIpc) is 3.16. The van der Waals surface area contributed by atoms with E-state index in [9.17, 15) is 14.4 Å². The molecule has 2 amide bonds. The van der Waals surface area contributed by atoms with Crippen LogP contribution in [0.5, 0.6) is 0 Å². The number of ether oxygens (including phenoxy) is 1. The predicted molar refractivity (Wildman–Crippen MR) is 134 cm³/mol. The molecule has 1 aliphatic rings. The quantitative estimate of drug-likeness (QED) is 0.509. The number of aromatic nitrogens is 2. The molecule has 1 aromatic heterocycles. The maximum Gasteiger partial charge on any atom is 0.305 e. The van der Waals surface area contributed by atoms with E-state index < -0.39 is 0 Å². The minimum Gasteiger partial charge on any atom is -0.469 e. The van der Waals surface area contributed by atoms with E-state index in [-0.39, 0.29) is 17.8 Å². The molecule has 2 heterocycles. The Balaban J connectivity index is 1.60. The largest absolute Gasteiger partial charge is 0.469 e. The van der Waals surface area contributed by atoms with E-state index in [1.54, 1.807) is 0 Å². The Morgan fingerprint density at radius 1 is 1.00 bits per heavy atom. The number of aryl methyl sites for hydroxylation is 1. The van der Waals surface area contributed by atoms with E-state index >= 15 is 0 Å². The summed E-state index contributed by atoms with van der Waals surface area (Å²) in [5, 5.41) is 4.64. The first-order valence-corrected chi connectivity index (χ1v) is 12.3. The van der Waals surface area contributed by atoms with Crippen LogP contribution in [0.1, 0.15) is 47.6 Å². The van der Waals surface area contributed by atoms with E-state index in [1.165, 1.54) is 7.11 Å². The summed E-state index contributed by atoms with van der Waals surface area (Å²) >= 11 is 0. The molecule has 1 saturated heterocycles. The van der Waals surface area contributed by atoms with Gasteiger partial charge >= 0.3 is 5.97 Å². The zero-order valence-corrected chi connectivity index (χ0v) is 21.5. The molecule has 1 aromatic carbocycles. The molecule has 0 bridgehead atoms. The number of piperazine rings is 1. The van der Waals surface area contributed by atoms with Crippen LogP contribution in [0.4, 0.5) is 0 Å². The Morgan fingerprint density at radius 2 is 1.63 bits per heavy atom. The summed E-state index contributed by atoms with van der Waals surface area (Å²) < 4.78 is 6.60. The number of rotatable bonds is 9. The molecule has 35 heavy (non-hydrogen) atoms. The van der Waals surface area contributed by atoms with E-state index in [0.717, 1.165) is 35.7 Å². The van der Waals surface area contributed by atoms with E-state index in [1.807, 2.05) is 66.4 Å². The first kappa shape index (κ1) is 26.4. The van der Waals surface area contributed by atoms with Crippen LogP contribution < -0.4 is 0 Å². The van der Waals surface area contributed by atoms with Crippen molar-refractivity contribution in [1.82, 2.24) is 24.5 Å². The summed E-state index contributed by atoms with van der Waals surface area (Å²) in [5.74, 6) is -0.0999. The highest BCUT2D eigenvalue weighted by molar-refractivity contribution is 5.94. The van der Waals surface area contributed by atoms with Crippen LogP contribution in [0.15, 0.2) is 24.3 Å². The lowest BCUT2D eigenvalue weighted by atomic mass is 10.1. The highest BCUT2D eigenvalue weighted by atomic mass is 16.5. The molecule has 1 aliphatic heterocycles. The van der Waals surface area contributed by atoms with Gasteiger partial charge in [0.25, 0.3) is 5.91 Å². The van der Waals surface area contributed by atoms with Crippen LogP contribution in [-0.4, -0.2) is 95.2 Å². The smallest absolute Gasteiger partial charge is 0.305 e. The molecular formula is C26H37N5O4. The van der Waals surface area contributed by atoms with Gasteiger partial charge in [0.2, 0.25) is 5.91 Å². The Hall–Kier alpha value is -3.20. The number of carbonyl (C=O) groups is 3. The van der Waals surface area contributed by atoms with Gasteiger partial charge in [0.1, 0.15) is 0 Å². The average molecular weight is 484 g/mol. The molecule has 9 nitrogen and oxygen atoms in total. The Morgan fingerprint density at radius 3 is 2.20 bits per heavy atom. The summed E-state index contributed by atoms with van der Waals surface area (Å²) in [5.41, 5.74) is 4.39. The van der Waals surface area contributed by atoms with Crippen molar-refractivity contribution in [2.75, 3.05) is 52.9 Å². The first-order valence-electron chi connectivity index (χ1n) is 12.3. The van der Waals surface area contributed by atoms with Crippen molar-refractivity contribution >= 4 is 17.8 Å². The summed E-state index contributed by atoms with van der Waals surface area (Å²) in [6, 6.07) is 7.46. The number of benzene rings is 1. The minimum atomic E-state index is -0.240. The van der Waals surface area contributed by atoms with Crippen molar-refractivity contribution in [2.24, 2.45) is 0 Å². The highest BCUT2D eigenvalue weighted by Crippen LogP contribution is 2.20. The summed E-state index contributed by atoms with van der Waals surface area (Å²) in [6.45, 7) is 12.3. The minimum absolute atomic E-state index is 0.00148. The molecule has 0 N–H and O–H groups in total. The SMILES string of the molecule is CCN(CC)C(=O)CN1CCN(C(=O)c2ccc(-n3nc(C)c(CCC(=O)OC)c3C)cc2)CC1. The molecule has 2 aromatic rings. The van der Waals surface area contributed by atoms with Crippen LogP contribution in [-0.2, 0) is 20.7 Å². The number of nitrogens with zero attached hydrogens (tertiary/aromatic N) is 5. The zero-order valence-electron chi connectivity index (χ0n) is 21.5. The third kappa shape index (κ3) is 6.28. The van der Waals surface area contributed by atoms with Gasteiger partial charge in [0.15, 0.2) is 0 Å². The van der Waals surface area contributed by atoms with E-state index in [4.69, 9.17) is 4.74 Å². The number of amides is 2. The van der Waals surface area contributed by atoms with Gasteiger partial charge in [-0.1, -0.05) is 0 Å². The number of likely N-dealkylation sites (N-methyl/N-ethyl adjacent to an activating group) is 1. The molecule has 1 fully saturated rings. The molecule has 0 saturated carbocycles. The van der Waals surface area contributed by atoms with E-state index in [2.05, 4.69) is 10.00 Å². The van der Waals surface area contributed by atoms with Crippen molar-refractivity contribution < 1.29 is 19.1 Å².